The van der Waals surface area contributed by atoms with Crippen molar-refractivity contribution in [3.63, 3.8) is 0 Å². The molecule has 0 aliphatic carbocycles. The fourth-order valence-corrected chi connectivity index (χ4v) is 1.53. The highest BCUT2D eigenvalue weighted by Crippen LogP contribution is 2.09. The van der Waals surface area contributed by atoms with Crippen LogP contribution in [0.2, 0.25) is 0 Å². The lowest BCUT2D eigenvalue weighted by Gasteiger charge is -2.15. The second-order valence-electron chi connectivity index (χ2n) is 3.66. The zero-order chi connectivity index (χ0) is 11.3. The van der Waals surface area contributed by atoms with E-state index in [2.05, 4.69) is 19.6 Å². The van der Waals surface area contributed by atoms with Crippen LogP contribution in [0.3, 0.4) is 0 Å². The number of nitrogens with zero attached hydrogens (tertiary/aromatic N) is 1. The molecule has 0 spiro atoms. The number of hydrogen-bond acceptors (Lipinski definition) is 2. The molecule has 0 atom stereocenters. The van der Waals surface area contributed by atoms with Gasteiger partial charge in [0.15, 0.2) is 0 Å². The largest absolute Gasteiger partial charge is 0.345 e. The molecule has 0 aliphatic heterocycles. The van der Waals surface area contributed by atoms with Crippen LogP contribution < -0.4 is 0 Å². The first kappa shape index (κ1) is 12.1. The summed E-state index contributed by atoms with van der Waals surface area (Å²) in [6.07, 6.45) is 1.47. The van der Waals surface area contributed by atoms with E-state index in [1.807, 2.05) is 31.3 Å². The maximum absolute atomic E-state index is 11.7. The standard InChI is InChI=1S/C12H17NOS/c1-3-8-13(2)12(14)9-10-4-6-11(15)7-5-10/h4-7,15H,3,8-9H2,1-2H3. The summed E-state index contributed by atoms with van der Waals surface area (Å²) in [5, 5.41) is 0. The van der Waals surface area contributed by atoms with Crippen molar-refractivity contribution >= 4 is 18.5 Å². The Morgan fingerprint density at radius 1 is 1.33 bits per heavy atom. The van der Waals surface area contributed by atoms with Gasteiger partial charge in [0, 0.05) is 18.5 Å². The molecule has 1 amide bonds. The normalized spacial score (nSPS) is 10.1. The lowest BCUT2D eigenvalue weighted by molar-refractivity contribution is -0.129. The van der Waals surface area contributed by atoms with Gasteiger partial charge in [0.1, 0.15) is 0 Å². The Morgan fingerprint density at radius 2 is 1.93 bits per heavy atom. The summed E-state index contributed by atoms with van der Waals surface area (Å²) in [6, 6.07) is 7.71. The summed E-state index contributed by atoms with van der Waals surface area (Å²) in [5.74, 6) is 0.170. The van der Waals surface area contributed by atoms with Crippen LogP contribution in [0.25, 0.3) is 0 Å². The fraction of sp³-hybridized carbons (Fsp3) is 0.417. The molecule has 0 heterocycles. The van der Waals surface area contributed by atoms with Gasteiger partial charge in [-0.2, -0.15) is 0 Å². The van der Waals surface area contributed by atoms with Crippen LogP contribution in [0.5, 0.6) is 0 Å². The molecule has 82 valence electrons. The number of benzene rings is 1. The van der Waals surface area contributed by atoms with Crippen LogP contribution in [-0.4, -0.2) is 24.4 Å². The number of amides is 1. The number of rotatable bonds is 4. The Balaban J connectivity index is 2.54. The Labute approximate surface area is 96.7 Å². The van der Waals surface area contributed by atoms with Crippen molar-refractivity contribution in [2.75, 3.05) is 13.6 Å². The lowest BCUT2D eigenvalue weighted by atomic mass is 10.1. The van der Waals surface area contributed by atoms with Gasteiger partial charge >= 0.3 is 0 Å². The molecular formula is C12H17NOS. The number of hydrogen-bond donors (Lipinski definition) is 1. The van der Waals surface area contributed by atoms with Gasteiger partial charge < -0.3 is 4.90 Å². The van der Waals surface area contributed by atoms with Gasteiger partial charge in [-0.05, 0) is 24.1 Å². The van der Waals surface area contributed by atoms with Crippen LogP contribution in [0, 0.1) is 0 Å². The smallest absolute Gasteiger partial charge is 0.226 e. The van der Waals surface area contributed by atoms with Gasteiger partial charge in [0.2, 0.25) is 5.91 Å². The molecule has 0 bridgehead atoms. The fourth-order valence-electron chi connectivity index (χ4n) is 1.38. The van der Waals surface area contributed by atoms with Gasteiger partial charge in [0.25, 0.3) is 0 Å². The first-order valence-corrected chi connectivity index (χ1v) is 5.60. The summed E-state index contributed by atoms with van der Waals surface area (Å²) in [6.45, 7) is 2.89. The summed E-state index contributed by atoms with van der Waals surface area (Å²) in [5.41, 5.74) is 1.04. The van der Waals surface area contributed by atoms with Gasteiger partial charge in [-0.25, -0.2) is 0 Å². The third-order valence-corrected chi connectivity index (χ3v) is 2.57. The molecule has 3 heteroatoms. The number of likely N-dealkylation sites (N-methyl/N-ethyl adjacent to an activating group) is 1. The third-order valence-electron chi connectivity index (χ3n) is 2.28. The van der Waals surface area contributed by atoms with Crippen LogP contribution in [-0.2, 0) is 11.2 Å². The Morgan fingerprint density at radius 3 is 2.47 bits per heavy atom. The van der Waals surface area contributed by atoms with Crippen molar-refractivity contribution in [2.45, 2.75) is 24.7 Å². The molecule has 0 saturated carbocycles. The maximum atomic E-state index is 11.7. The molecule has 2 nitrogen and oxygen atoms in total. The summed E-state index contributed by atoms with van der Waals surface area (Å²) >= 11 is 4.20. The lowest BCUT2D eigenvalue weighted by Crippen LogP contribution is -2.28. The zero-order valence-corrected chi connectivity index (χ0v) is 10.1. The third kappa shape index (κ3) is 3.96. The minimum absolute atomic E-state index is 0.170. The molecule has 15 heavy (non-hydrogen) atoms. The van der Waals surface area contributed by atoms with E-state index in [1.54, 1.807) is 4.90 Å². The quantitative estimate of drug-likeness (QED) is 0.777. The van der Waals surface area contributed by atoms with E-state index < -0.39 is 0 Å². The topological polar surface area (TPSA) is 20.3 Å². The van der Waals surface area contributed by atoms with Crippen molar-refractivity contribution in [1.29, 1.82) is 0 Å². The molecule has 1 aromatic carbocycles. The van der Waals surface area contributed by atoms with E-state index in [0.717, 1.165) is 23.4 Å². The number of carbonyl (C=O) groups is 1. The average molecular weight is 223 g/mol. The molecule has 0 unspecified atom stereocenters. The van der Waals surface area contributed by atoms with E-state index in [0.29, 0.717) is 6.42 Å². The first-order chi connectivity index (χ1) is 7.13. The van der Waals surface area contributed by atoms with Gasteiger partial charge in [-0.3, -0.25) is 4.79 Å². The van der Waals surface area contributed by atoms with Crippen molar-refractivity contribution in [3.8, 4) is 0 Å². The second kappa shape index (κ2) is 5.81. The molecular weight excluding hydrogens is 206 g/mol. The van der Waals surface area contributed by atoms with Gasteiger partial charge in [0.05, 0.1) is 6.42 Å². The minimum atomic E-state index is 0.170. The van der Waals surface area contributed by atoms with Crippen LogP contribution in [0.4, 0.5) is 0 Å². The maximum Gasteiger partial charge on any atom is 0.226 e. The van der Waals surface area contributed by atoms with E-state index in [9.17, 15) is 4.79 Å². The predicted octanol–water partition coefficient (Wildman–Crippen LogP) is 2.39. The van der Waals surface area contributed by atoms with Crippen molar-refractivity contribution < 1.29 is 4.79 Å². The summed E-state index contributed by atoms with van der Waals surface area (Å²) in [7, 11) is 1.85. The Kier molecular flexibility index (Phi) is 4.69. The monoisotopic (exact) mass is 223 g/mol. The molecule has 1 aromatic rings. The highest BCUT2D eigenvalue weighted by molar-refractivity contribution is 7.80. The van der Waals surface area contributed by atoms with Crippen molar-refractivity contribution in [2.24, 2.45) is 0 Å². The van der Waals surface area contributed by atoms with Crippen LogP contribution in [0.15, 0.2) is 29.2 Å². The van der Waals surface area contributed by atoms with Gasteiger partial charge in [-0.15, -0.1) is 12.6 Å². The second-order valence-corrected chi connectivity index (χ2v) is 4.17. The zero-order valence-electron chi connectivity index (χ0n) is 9.23. The van der Waals surface area contributed by atoms with E-state index in [-0.39, 0.29) is 5.91 Å². The minimum Gasteiger partial charge on any atom is -0.345 e. The average Bonchev–Trinajstić information content (AvgIpc) is 2.22. The number of carbonyl (C=O) groups excluding carboxylic acids is 1. The summed E-state index contributed by atoms with van der Waals surface area (Å²) in [4.78, 5) is 14.4. The predicted molar refractivity (Wildman–Crippen MR) is 65.3 cm³/mol. The van der Waals surface area contributed by atoms with Crippen molar-refractivity contribution in [3.05, 3.63) is 29.8 Å². The highest BCUT2D eigenvalue weighted by Gasteiger charge is 2.07. The molecule has 0 fully saturated rings. The SMILES string of the molecule is CCCN(C)C(=O)Cc1ccc(S)cc1. The van der Waals surface area contributed by atoms with E-state index in [1.165, 1.54) is 0 Å². The van der Waals surface area contributed by atoms with Crippen LogP contribution >= 0.6 is 12.6 Å². The van der Waals surface area contributed by atoms with Gasteiger partial charge in [-0.1, -0.05) is 19.1 Å². The van der Waals surface area contributed by atoms with E-state index >= 15 is 0 Å². The molecule has 0 radical (unpaired) electrons. The summed E-state index contributed by atoms with van der Waals surface area (Å²) < 4.78 is 0. The Hall–Kier alpha value is -0.960. The Bertz CT molecular complexity index is 321. The first-order valence-electron chi connectivity index (χ1n) is 5.15. The molecule has 0 saturated heterocycles. The molecule has 1 rings (SSSR count). The van der Waals surface area contributed by atoms with Crippen LogP contribution in [0.1, 0.15) is 18.9 Å². The molecule has 0 aromatic heterocycles. The highest BCUT2D eigenvalue weighted by atomic mass is 32.1. The molecule has 0 N–H and O–H groups in total. The molecule has 0 aliphatic rings. The number of thiol groups is 1. The van der Waals surface area contributed by atoms with E-state index in [4.69, 9.17) is 0 Å². The van der Waals surface area contributed by atoms with Crippen molar-refractivity contribution in [1.82, 2.24) is 4.90 Å².